The summed E-state index contributed by atoms with van der Waals surface area (Å²) in [6, 6.07) is 0. The standard InChI is InChI=1S/C14H25N3OS/c1-14(2,3)12-11(8-15-4)19-13(16-12)17-7-6-10(9-17)18-5/h10,15H,6-9H2,1-5H3. The topological polar surface area (TPSA) is 37.4 Å². The van der Waals surface area contributed by atoms with Crippen molar-refractivity contribution in [2.45, 2.75) is 45.3 Å². The van der Waals surface area contributed by atoms with Crippen LogP contribution in [0.25, 0.3) is 0 Å². The summed E-state index contributed by atoms with van der Waals surface area (Å²) in [5.41, 5.74) is 1.32. The Hall–Kier alpha value is -0.650. The first-order valence-electron chi connectivity index (χ1n) is 6.88. The first-order valence-corrected chi connectivity index (χ1v) is 7.70. The van der Waals surface area contributed by atoms with Gasteiger partial charge in [0.05, 0.1) is 11.8 Å². The van der Waals surface area contributed by atoms with Crippen LogP contribution in [0.15, 0.2) is 0 Å². The van der Waals surface area contributed by atoms with Crippen molar-refractivity contribution in [3.05, 3.63) is 10.6 Å². The molecule has 1 atom stereocenters. The summed E-state index contributed by atoms with van der Waals surface area (Å²) in [7, 11) is 3.78. The maximum atomic E-state index is 5.44. The van der Waals surface area contributed by atoms with Crippen molar-refractivity contribution < 1.29 is 4.74 Å². The molecule has 2 heterocycles. The normalized spacial score (nSPS) is 20.3. The van der Waals surface area contributed by atoms with Crippen LogP contribution in [-0.4, -0.2) is 38.3 Å². The highest BCUT2D eigenvalue weighted by molar-refractivity contribution is 7.15. The van der Waals surface area contributed by atoms with E-state index in [-0.39, 0.29) is 5.41 Å². The summed E-state index contributed by atoms with van der Waals surface area (Å²) in [4.78, 5) is 8.61. The van der Waals surface area contributed by atoms with Crippen molar-refractivity contribution in [2.24, 2.45) is 0 Å². The van der Waals surface area contributed by atoms with E-state index in [2.05, 4.69) is 31.0 Å². The van der Waals surface area contributed by atoms with Gasteiger partial charge in [-0.1, -0.05) is 20.8 Å². The van der Waals surface area contributed by atoms with Gasteiger partial charge in [0.15, 0.2) is 5.13 Å². The van der Waals surface area contributed by atoms with Crippen LogP contribution in [0.1, 0.15) is 37.8 Å². The average Bonchev–Trinajstić information content (AvgIpc) is 2.93. The highest BCUT2D eigenvalue weighted by atomic mass is 32.1. The Bertz CT molecular complexity index is 425. The number of anilines is 1. The lowest BCUT2D eigenvalue weighted by Crippen LogP contribution is -2.22. The van der Waals surface area contributed by atoms with Gasteiger partial charge in [-0.2, -0.15) is 0 Å². The lowest BCUT2D eigenvalue weighted by atomic mass is 9.91. The van der Waals surface area contributed by atoms with Gasteiger partial charge in [-0.3, -0.25) is 0 Å². The van der Waals surface area contributed by atoms with Crippen LogP contribution in [0.3, 0.4) is 0 Å². The summed E-state index contributed by atoms with van der Waals surface area (Å²) in [6.45, 7) is 9.60. The van der Waals surface area contributed by atoms with Crippen molar-refractivity contribution >= 4 is 16.5 Å². The molecule has 1 fully saturated rings. The average molecular weight is 283 g/mol. The second-order valence-corrected chi connectivity index (χ2v) is 7.20. The van der Waals surface area contributed by atoms with Gasteiger partial charge < -0.3 is 15.0 Å². The van der Waals surface area contributed by atoms with E-state index >= 15 is 0 Å². The molecule has 2 rings (SSSR count). The fourth-order valence-electron chi connectivity index (χ4n) is 2.44. The molecule has 0 bridgehead atoms. The predicted octanol–water partition coefficient (Wildman–Crippen LogP) is 2.39. The summed E-state index contributed by atoms with van der Waals surface area (Å²) in [5, 5.41) is 4.40. The zero-order valence-corrected chi connectivity index (χ0v) is 13.4. The third kappa shape index (κ3) is 3.27. The van der Waals surface area contributed by atoms with Crippen molar-refractivity contribution in [1.82, 2.24) is 10.3 Å². The van der Waals surface area contributed by atoms with Gasteiger partial charge >= 0.3 is 0 Å². The largest absolute Gasteiger partial charge is 0.380 e. The van der Waals surface area contributed by atoms with Gasteiger partial charge in [0.25, 0.3) is 0 Å². The Kier molecular flexibility index (Phi) is 4.48. The number of hydrogen-bond acceptors (Lipinski definition) is 5. The van der Waals surface area contributed by atoms with Gasteiger partial charge in [0.1, 0.15) is 0 Å². The molecule has 1 aliphatic rings. The van der Waals surface area contributed by atoms with Crippen LogP contribution < -0.4 is 10.2 Å². The van der Waals surface area contributed by atoms with Crippen LogP contribution in [0.2, 0.25) is 0 Å². The second-order valence-electron chi connectivity index (χ2n) is 6.14. The number of ether oxygens (including phenoxy) is 1. The van der Waals surface area contributed by atoms with E-state index in [1.807, 2.05) is 18.4 Å². The van der Waals surface area contributed by atoms with Crippen LogP contribution >= 0.6 is 11.3 Å². The molecule has 1 aromatic rings. The van der Waals surface area contributed by atoms with Gasteiger partial charge in [-0.25, -0.2) is 4.98 Å². The fraction of sp³-hybridized carbons (Fsp3) is 0.786. The lowest BCUT2D eigenvalue weighted by molar-refractivity contribution is 0.121. The highest BCUT2D eigenvalue weighted by Crippen LogP contribution is 2.35. The number of aromatic nitrogens is 1. The monoisotopic (exact) mass is 283 g/mol. The molecule has 108 valence electrons. The smallest absolute Gasteiger partial charge is 0.185 e. The van der Waals surface area contributed by atoms with E-state index in [0.29, 0.717) is 6.10 Å². The minimum Gasteiger partial charge on any atom is -0.380 e. The van der Waals surface area contributed by atoms with Gasteiger partial charge in [0, 0.05) is 37.0 Å². The molecule has 0 spiro atoms. The Morgan fingerprint density at radius 3 is 2.74 bits per heavy atom. The molecule has 1 saturated heterocycles. The Labute approximate surface area is 120 Å². The van der Waals surface area contributed by atoms with Gasteiger partial charge in [0.2, 0.25) is 0 Å². The Balaban J connectivity index is 2.23. The molecule has 0 radical (unpaired) electrons. The van der Waals surface area contributed by atoms with Crippen LogP contribution in [0.4, 0.5) is 5.13 Å². The van der Waals surface area contributed by atoms with Gasteiger partial charge in [-0.15, -0.1) is 11.3 Å². The second kappa shape index (κ2) is 5.77. The first kappa shape index (κ1) is 14.8. The van der Waals surface area contributed by atoms with Crippen molar-refractivity contribution in [2.75, 3.05) is 32.1 Å². The van der Waals surface area contributed by atoms with E-state index in [4.69, 9.17) is 9.72 Å². The Morgan fingerprint density at radius 1 is 1.47 bits per heavy atom. The zero-order valence-electron chi connectivity index (χ0n) is 12.6. The van der Waals surface area contributed by atoms with Gasteiger partial charge in [-0.05, 0) is 13.5 Å². The molecule has 1 aliphatic heterocycles. The third-order valence-electron chi connectivity index (χ3n) is 3.48. The van der Waals surface area contributed by atoms with E-state index in [1.165, 1.54) is 10.6 Å². The molecule has 1 unspecified atom stereocenters. The molecule has 0 amide bonds. The van der Waals surface area contributed by atoms with Crippen LogP contribution in [-0.2, 0) is 16.7 Å². The quantitative estimate of drug-likeness (QED) is 0.920. The van der Waals surface area contributed by atoms with Crippen molar-refractivity contribution in [3.63, 3.8) is 0 Å². The maximum Gasteiger partial charge on any atom is 0.185 e. The minimum absolute atomic E-state index is 0.0985. The number of rotatable bonds is 4. The maximum absolute atomic E-state index is 5.44. The third-order valence-corrected chi connectivity index (χ3v) is 4.60. The summed E-state index contributed by atoms with van der Waals surface area (Å²) >= 11 is 1.82. The summed E-state index contributed by atoms with van der Waals surface area (Å²) in [6.07, 6.45) is 1.46. The number of hydrogen-bond donors (Lipinski definition) is 1. The van der Waals surface area contributed by atoms with Crippen LogP contribution in [0.5, 0.6) is 0 Å². The first-order chi connectivity index (χ1) is 8.95. The number of nitrogens with one attached hydrogen (secondary N) is 1. The molecule has 19 heavy (non-hydrogen) atoms. The molecular formula is C14H25N3OS. The van der Waals surface area contributed by atoms with Crippen molar-refractivity contribution in [1.29, 1.82) is 0 Å². The molecule has 5 heteroatoms. The summed E-state index contributed by atoms with van der Waals surface area (Å²) < 4.78 is 5.44. The summed E-state index contributed by atoms with van der Waals surface area (Å²) in [5.74, 6) is 0. The fourth-order valence-corrected chi connectivity index (χ4v) is 3.75. The molecule has 0 aliphatic carbocycles. The number of thiazole rings is 1. The number of nitrogens with zero attached hydrogens (tertiary/aromatic N) is 2. The molecule has 1 aromatic heterocycles. The highest BCUT2D eigenvalue weighted by Gasteiger charge is 2.28. The van der Waals surface area contributed by atoms with Crippen molar-refractivity contribution in [3.8, 4) is 0 Å². The van der Waals surface area contributed by atoms with E-state index < -0.39 is 0 Å². The number of methoxy groups -OCH3 is 1. The van der Waals surface area contributed by atoms with E-state index in [9.17, 15) is 0 Å². The molecule has 4 nitrogen and oxygen atoms in total. The van der Waals surface area contributed by atoms with E-state index in [0.717, 1.165) is 31.2 Å². The molecular weight excluding hydrogens is 258 g/mol. The predicted molar refractivity (Wildman–Crippen MR) is 81.2 cm³/mol. The van der Waals surface area contributed by atoms with E-state index in [1.54, 1.807) is 7.11 Å². The lowest BCUT2D eigenvalue weighted by Gasteiger charge is -2.18. The minimum atomic E-state index is 0.0985. The SMILES string of the molecule is CNCc1sc(N2CCC(OC)C2)nc1C(C)(C)C. The molecule has 0 aromatic carbocycles. The van der Waals surface area contributed by atoms with Crippen LogP contribution in [0, 0.1) is 0 Å². The molecule has 0 saturated carbocycles. The molecule has 1 N–H and O–H groups in total. The Morgan fingerprint density at radius 2 is 2.21 bits per heavy atom. The zero-order chi connectivity index (χ0) is 14.0.